The van der Waals surface area contributed by atoms with Crippen molar-refractivity contribution in [1.29, 1.82) is 0 Å². The van der Waals surface area contributed by atoms with Crippen molar-refractivity contribution in [2.45, 2.75) is 51.4 Å². The fraction of sp³-hybridized carbons (Fsp3) is 0.682. The lowest BCUT2D eigenvalue weighted by atomic mass is 10.1. The zero-order valence-electron chi connectivity index (χ0n) is 18.2. The van der Waals surface area contributed by atoms with Crippen molar-refractivity contribution in [2.24, 2.45) is 4.99 Å². The highest BCUT2D eigenvalue weighted by Gasteiger charge is 2.24. The Morgan fingerprint density at radius 3 is 2.72 bits per heavy atom. The standard InChI is InChI=1S/C22H35N3O4/c1-16-12-17-13-20(27-4)18(14-21(17)29-16)15-24-22(23-2)25-8-6-19(7-9-25)28-11-5-10-26-3/h13-14,16,19H,5-12,15H2,1-4H3,(H,23,24). The number of rotatable bonds is 8. The summed E-state index contributed by atoms with van der Waals surface area (Å²) in [6.07, 6.45) is 4.47. The quantitative estimate of drug-likeness (QED) is 0.408. The molecule has 7 heteroatoms. The summed E-state index contributed by atoms with van der Waals surface area (Å²) in [7, 11) is 5.28. The van der Waals surface area contributed by atoms with Gasteiger partial charge >= 0.3 is 0 Å². The van der Waals surface area contributed by atoms with E-state index in [9.17, 15) is 0 Å². The van der Waals surface area contributed by atoms with Gasteiger partial charge in [0.05, 0.1) is 13.2 Å². The third-order valence-corrected chi connectivity index (χ3v) is 5.54. The molecular weight excluding hydrogens is 370 g/mol. The number of hydrogen-bond acceptors (Lipinski definition) is 5. The summed E-state index contributed by atoms with van der Waals surface area (Å²) < 4.78 is 22.6. The maximum absolute atomic E-state index is 5.96. The van der Waals surface area contributed by atoms with Crippen molar-refractivity contribution < 1.29 is 18.9 Å². The van der Waals surface area contributed by atoms with E-state index in [0.29, 0.717) is 12.6 Å². The Morgan fingerprint density at radius 1 is 1.24 bits per heavy atom. The Labute approximate surface area is 174 Å². The first-order valence-corrected chi connectivity index (χ1v) is 10.6. The first-order valence-electron chi connectivity index (χ1n) is 10.6. The van der Waals surface area contributed by atoms with E-state index >= 15 is 0 Å². The Kier molecular flexibility index (Phi) is 8.00. The van der Waals surface area contributed by atoms with Gasteiger partial charge in [-0.1, -0.05) is 0 Å². The second-order valence-electron chi connectivity index (χ2n) is 7.71. The van der Waals surface area contributed by atoms with Gasteiger partial charge in [0, 0.05) is 64.6 Å². The van der Waals surface area contributed by atoms with Crippen LogP contribution < -0.4 is 14.8 Å². The van der Waals surface area contributed by atoms with Crippen LogP contribution in [0.5, 0.6) is 11.5 Å². The van der Waals surface area contributed by atoms with E-state index in [1.807, 2.05) is 7.05 Å². The number of methoxy groups -OCH3 is 2. The molecule has 0 aromatic heterocycles. The molecule has 1 saturated heterocycles. The van der Waals surface area contributed by atoms with Crippen LogP contribution in [0.25, 0.3) is 0 Å². The molecule has 162 valence electrons. The van der Waals surface area contributed by atoms with Gasteiger partial charge in [-0.15, -0.1) is 0 Å². The Morgan fingerprint density at radius 2 is 2.03 bits per heavy atom. The van der Waals surface area contributed by atoms with Gasteiger partial charge in [0.15, 0.2) is 5.96 Å². The fourth-order valence-electron chi connectivity index (χ4n) is 4.00. The van der Waals surface area contributed by atoms with E-state index in [1.165, 1.54) is 5.56 Å². The maximum Gasteiger partial charge on any atom is 0.193 e. The lowest BCUT2D eigenvalue weighted by Crippen LogP contribution is -2.46. The summed E-state index contributed by atoms with van der Waals surface area (Å²) >= 11 is 0. The maximum atomic E-state index is 5.96. The van der Waals surface area contributed by atoms with Crippen molar-refractivity contribution in [2.75, 3.05) is 47.6 Å². The summed E-state index contributed by atoms with van der Waals surface area (Å²) in [5.74, 6) is 2.78. The van der Waals surface area contributed by atoms with Gasteiger partial charge in [-0.05, 0) is 38.3 Å². The largest absolute Gasteiger partial charge is 0.496 e. The minimum Gasteiger partial charge on any atom is -0.496 e. The summed E-state index contributed by atoms with van der Waals surface area (Å²) in [6, 6.07) is 4.20. The molecular formula is C22H35N3O4. The number of likely N-dealkylation sites (tertiary alicyclic amines) is 1. The number of guanidine groups is 1. The van der Waals surface area contributed by atoms with E-state index in [-0.39, 0.29) is 6.10 Å². The van der Waals surface area contributed by atoms with Gasteiger partial charge in [-0.25, -0.2) is 0 Å². The molecule has 1 aromatic carbocycles. The fourth-order valence-corrected chi connectivity index (χ4v) is 4.00. The summed E-state index contributed by atoms with van der Waals surface area (Å²) in [4.78, 5) is 6.78. The van der Waals surface area contributed by atoms with Gasteiger partial charge in [0.1, 0.15) is 17.6 Å². The first-order chi connectivity index (χ1) is 14.1. The van der Waals surface area contributed by atoms with Crippen LogP contribution in [-0.2, 0) is 22.4 Å². The minimum atomic E-state index is 0.226. The Hall–Kier alpha value is -1.99. The highest BCUT2D eigenvalue weighted by Crippen LogP contribution is 2.35. The van der Waals surface area contributed by atoms with Crippen LogP contribution in [-0.4, -0.2) is 70.6 Å². The van der Waals surface area contributed by atoms with Gasteiger partial charge in [-0.3, -0.25) is 4.99 Å². The molecule has 0 spiro atoms. The molecule has 2 aliphatic heterocycles. The highest BCUT2D eigenvalue weighted by atomic mass is 16.5. The average Bonchev–Trinajstić information content (AvgIpc) is 3.10. The van der Waals surface area contributed by atoms with Crippen molar-refractivity contribution in [3.05, 3.63) is 23.3 Å². The molecule has 7 nitrogen and oxygen atoms in total. The third kappa shape index (κ3) is 5.76. The topological polar surface area (TPSA) is 64.6 Å². The first kappa shape index (κ1) is 21.7. The zero-order valence-corrected chi connectivity index (χ0v) is 18.2. The molecule has 29 heavy (non-hydrogen) atoms. The molecule has 2 aliphatic rings. The molecule has 3 rings (SSSR count). The van der Waals surface area contributed by atoms with Crippen molar-refractivity contribution in [3.63, 3.8) is 0 Å². The molecule has 1 atom stereocenters. The Bertz CT molecular complexity index is 687. The molecule has 0 radical (unpaired) electrons. The van der Waals surface area contributed by atoms with Crippen molar-refractivity contribution in [1.82, 2.24) is 10.2 Å². The van der Waals surface area contributed by atoms with Gasteiger partial charge in [0.25, 0.3) is 0 Å². The molecule has 0 bridgehead atoms. The second kappa shape index (κ2) is 10.7. The van der Waals surface area contributed by atoms with Crippen LogP contribution in [0.4, 0.5) is 0 Å². The molecule has 1 unspecified atom stereocenters. The van der Waals surface area contributed by atoms with Gasteiger partial charge < -0.3 is 29.2 Å². The summed E-state index contributed by atoms with van der Waals surface area (Å²) in [5, 5.41) is 3.49. The Balaban J connectivity index is 1.51. The van der Waals surface area contributed by atoms with Crippen molar-refractivity contribution in [3.8, 4) is 11.5 Å². The number of nitrogens with one attached hydrogen (secondary N) is 1. The number of hydrogen-bond donors (Lipinski definition) is 1. The van der Waals surface area contributed by atoms with E-state index in [1.54, 1.807) is 14.2 Å². The van der Waals surface area contributed by atoms with Crippen LogP contribution in [0.3, 0.4) is 0 Å². The lowest BCUT2D eigenvalue weighted by Gasteiger charge is -2.34. The highest BCUT2D eigenvalue weighted by molar-refractivity contribution is 5.80. The number of piperidine rings is 1. The van der Waals surface area contributed by atoms with Crippen LogP contribution in [0, 0.1) is 0 Å². The van der Waals surface area contributed by atoms with E-state index in [0.717, 1.165) is 75.0 Å². The van der Waals surface area contributed by atoms with Gasteiger partial charge in [-0.2, -0.15) is 0 Å². The van der Waals surface area contributed by atoms with Crippen LogP contribution in [0.1, 0.15) is 37.3 Å². The number of aliphatic imine (C=N–C) groups is 1. The number of benzene rings is 1. The molecule has 1 aromatic rings. The normalized spacial score (nSPS) is 19.8. The van der Waals surface area contributed by atoms with Gasteiger partial charge in [0.2, 0.25) is 0 Å². The lowest BCUT2D eigenvalue weighted by molar-refractivity contribution is 0.00989. The molecule has 2 heterocycles. The number of fused-ring (bicyclic) bond motifs is 1. The van der Waals surface area contributed by atoms with E-state index < -0.39 is 0 Å². The monoisotopic (exact) mass is 405 g/mol. The van der Waals surface area contributed by atoms with E-state index in [4.69, 9.17) is 18.9 Å². The molecule has 0 aliphatic carbocycles. The smallest absolute Gasteiger partial charge is 0.193 e. The predicted octanol–water partition coefficient (Wildman–Crippen LogP) is 2.61. The number of ether oxygens (including phenoxy) is 4. The number of nitrogens with zero attached hydrogens (tertiary/aromatic N) is 2. The SMILES string of the molecule is CN=C(NCc1cc2c(cc1OC)CC(C)O2)N1CCC(OCCCOC)CC1. The summed E-state index contributed by atoms with van der Waals surface area (Å²) in [5.41, 5.74) is 2.30. The molecule has 1 fully saturated rings. The van der Waals surface area contributed by atoms with Crippen LogP contribution in [0.2, 0.25) is 0 Å². The molecule has 0 amide bonds. The minimum absolute atomic E-state index is 0.226. The van der Waals surface area contributed by atoms with Crippen LogP contribution >= 0.6 is 0 Å². The summed E-state index contributed by atoms with van der Waals surface area (Å²) in [6.45, 7) is 6.15. The van der Waals surface area contributed by atoms with Crippen LogP contribution in [0.15, 0.2) is 17.1 Å². The van der Waals surface area contributed by atoms with Crippen molar-refractivity contribution >= 4 is 5.96 Å². The second-order valence-corrected chi connectivity index (χ2v) is 7.71. The molecule has 0 saturated carbocycles. The average molecular weight is 406 g/mol. The zero-order chi connectivity index (χ0) is 20.6. The van der Waals surface area contributed by atoms with E-state index in [2.05, 4.69) is 34.3 Å². The third-order valence-electron chi connectivity index (χ3n) is 5.54. The molecule has 1 N–H and O–H groups in total. The predicted molar refractivity (Wildman–Crippen MR) is 114 cm³/mol.